The van der Waals surface area contributed by atoms with Crippen LogP contribution in [0, 0.1) is 10.8 Å². The molecule has 2 aromatic carbocycles. The highest BCUT2D eigenvalue weighted by molar-refractivity contribution is 5.76. The van der Waals surface area contributed by atoms with E-state index in [-0.39, 0.29) is 24.1 Å². The molecule has 0 spiro atoms. The van der Waals surface area contributed by atoms with E-state index in [1.165, 1.54) is 0 Å². The fourth-order valence-corrected chi connectivity index (χ4v) is 3.58. The van der Waals surface area contributed by atoms with E-state index in [0.717, 1.165) is 11.1 Å². The van der Waals surface area contributed by atoms with Gasteiger partial charge in [0, 0.05) is 0 Å². The van der Waals surface area contributed by atoms with Crippen molar-refractivity contribution in [3.63, 3.8) is 0 Å². The standard InChI is InChI=1S/C34H50O8/c1-11-33(7,8)31(35)39-23(3)27-13-17-29(18-14-27)41-25(5)37-21-22-38-26(6)42-30-19-15-28(16-20-30)24(4)40-32(36)34(9,10)12-2/h13-20,23-26H,11-12,21-22H2,1-10H3. The molecular weight excluding hydrogens is 536 g/mol. The normalized spacial score (nSPS) is 14.8. The molecule has 0 amide bonds. The van der Waals surface area contributed by atoms with Crippen LogP contribution in [0.1, 0.15) is 105 Å². The second-order valence-corrected chi connectivity index (χ2v) is 11.8. The van der Waals surface area contributed by atoms with Crippen LogP contribution >= 0.6 is 0 Å². The zero-order valence-electron chi connectivity index (χ0n) is 27.0. The first-order valence-corrected chi connectivity index (χ1v) is 14.9. The first-order valence-electron chi connectivity index (χ1n) is 14.9. The van der Waals surface area contributed by atoms with Crippen LogP contribution < -0.4 is 9.47 Å². The molecule has 0 aliphatic heterocycles. The maximum absolute atomic E-state index is 12.4. The topological polar surface area (TPSA) is 89.5 Å². The maximum atomic E-state index is 12.4. The van der Waals surface area contributed by atoms with Crippen molar-refractivity contribution in [2.24, 2.45) is 10.8 Å². The van der Waals surface area contributed by atoms with Gasteiger partial charge in [-0.2, -0.15) is 0 Å². The van der Waals surface area contributed by atoms with E-state index < -0.39 is 23.4 Å². The molecule has 0 saturated heterocycles. The summed E-state index contributed by atoms with van der Waals surface area (Å²) in [6.07, 6.45) is -0.238. The van der Waals surface area contributed by atoms with Gasteiger partial charge in [-0.25, -0.2) is 0 Å². The minimum Gasteiger partial charge on any atom is -0.465 e. The Kier molecular flexibility index (Phi) is 13.3. The summed E-state index contributed by atoms with van der Waals surface area (Å²) in [5.41, 5.74) is 0.768. The Labute approximate surface area is 252 Å². The third kappa shape index (κ3) is 11.0. The van der Waals surface area contributed by atoms with Gasteiger partial charge in [0.25, 0.3) is 0 Å². The van der Waals surface area contributed by atoms with E-state index in [9.17, 15) is 9.59 Å². The molecule has 0 aliphatic carbocycles. The van der Waals surface area contributed by atoms with E-state index >= 15 is 0 Å². The fourth-order valence-electron chi connectivity index (χ4n) is 3.58. The highest BCUT2D eigenvalue weighted by Gasteiger charge is 2.29. The Bertz CT molecular complexity index is 1020. The van der Waals surface area contributed by atoms with Crippen LogP contribution in [-0.2, 0) is 28.5 Å². The molecule has 0 aromatic heterocycles. The fraction of sp³-hybridized carbons (Fsp3) is 0.588. The molecule has 2 rings (SSSR count). The van der Waals surface area contributed by atoms with Crippen molar-refractivity contribution in [2.75, 3.05) is 13.2 Å². The van der Waals surface area contributed by atoms with Gasteiger partial charge in [-0.3, -0.25) is 9.59 Å². The summed E-state index contributed by atoms with van der Waals surface area (Å²) in [5, 5.41) is 0. The number of esters is 2. The van der Waals surface area contributed by atoms with Crippen molar-refractivity contribution in [1.82, 2.24) is 0 Å². The molecular formula is C34H50O8. The lowest BCUT2D eigenvalue weighted by Crippen LogP contribution is -2.26. The first-order chi connectivity index (χ1) is 19.7. The van der Waals surface area contributed by atoms with Crippen molar-refractivity contribution >= 4 is 11.9 Å². The molecule has 2 aromatic rings. The van der Waals surface area contributed by atoms with Crippen LogP contribution in [-0.4, -0.2) is 37.7 Å². The molecule has 0 bridgehead atoms. The molecule has 0 heterocycles. The van der Waals surface area contributed by atoms with Crippen molar-refractivity contribution in [1.29, 1.82) is 0 Å². The van der Waals surface area contributed by atoms with Crippen molar-refractivity contribution in [3.05, 3.63) is 59.7 Å². The third-order valence-electron chi connectivity index (χ3n) is 7.53. The molecule has 42 heavy (non-hydrogen) atoms. The zero-order chi connectivity index (χ0) is 31.5. The van der Waals surface area contributed by atoms with E-state index in [0.29, 0.717) is 37.6 Å². The van der Waals surface area contributed by atoms with Crippen LogP contribution in [0.15, 0.2) is 48.5 Å². The van der Waals surface area contributed by atoms with Gasteiger partial charge in [0.05, 0.1) is 24.0 Å². The number of hydrogen-bond acceptors (Lipinski definition) is 8. The largest absolute Gasteiger partial charge is 0.465 e. The van der Waals surface area contributed by atoms with E-state index in [1.807, 2.05) is 118 Å². The minimum absolute atomic E-state index is 0.208. The Balaban J connectivity index is 1.71. The predicted octanol–water partition coefficient (Wildman–Crippen LogP) is 7.95. The van der Waals surface area contributed by atoms with Crippen LogP contribution in [0.3, 0.4) is 0 Å². The second-order valence-electron chi connectivity index (χ2n) is 11.8. The van der Waals surface area contributed by atoms with E-state index in [4.69, 9.17) is 28.4 Å². The van der Waals surface area contributed by atoms with Gasteiger partial charge in [-0.15, -0.1) is 0 Å². The van der Waals surface area contributed by atoms with E-state index in [1.54, 1.807) is 0 Å². The SMILES string of the molecule is CCC(C)(C)C(=O)OC(C)c1ccc(OC(C)OCCOC(C)Oc2ccc(C(C)OC(=O)C(C)(C)CC)cc2)cc1. The van der Waals surface area contributed by atoms with Gasteiger partial charge in [0.15, 0.2) is 12.6 Å². The average Bonchev–Trinajstić information content (AvgIpc) is 2.95. The molecule has 8 nitrogen and oxygen atoms in total. The number of benzene rings is 2. The molecule has 0 saturated carbocycles. The third-order valence-corrected chi connectivity index (χ3v) is 7.53. The molecule has 4 atom stereocenters. The van der Waals surface area contributed by atoms with Crippen LogP contribution in [0.5, 0.6) is 11.5 Å². The second kappa shape index (κ2) is 15.9. The average molecular weight is 587 g/mol. The van der Waals surface area contributed by atoms with Gasteiger partial charge in [0.1, 0.15) is 23.7 Å². The molecule has 0 aliphatic rings. The number of ether oxygens (including phenoxy) is 6. The van der Waals surface area contributed by atoms with E-state index in [2.05, 4.69) is 0 Å². The number of carbonyl (C=O) groups excluding carboxylic acids is 2. The summed E-state index contributed by atoms with van der Waals surface area (Å²) in [6.45, 7) is 19.5. The maximum Gasteiger partial charge on any atom is 0.312 e. The lowest BCUT2D eigenvalue weighted by atomic mass is 9.90. The molecule has 8 heteroatoms. The smallest absolute Gasteiger partial charge is 0.312 e. The van der Waals surface area contributed by atoms with Gasteiger partial charge < -0.3 is 28.4 Å². The number of hydrogen-bond donors (Lipinski definition) is 0. The lowest BCUT2D eigenvalue weighted by Gasteiger charge is -2.24. The monoisotopic (exact) mass is 586 g/mol. The van der Waals surface area contributed by atoms with Gasteiger partial charge >= 0.3 is 11.9 Å². The summed E-state index contributed by atoms with van der Waals surface area (Å²) in [5.74, 6) is 0.886. The summed E-state index contributed by atoms with van der Waals surface area (Å²) in [6, 6.07) is 14.9. The summed E-state index contributed by atoms with van der Waals surface area (Å²) in [4.78, 5) is 24.7. The Hall–Kier alpha value is -3.10. The molecule has 0 N–H and O–H groups in total. The van der Waals surface area contributed by atoms with Crippen molar-refractivity contribution < 1.29 is 38.0 Å². The Morgan fingerprint density at radius 2 is 0.905 bits per heavy atom. The lowest BCUT2D eigenvalue weighted by molar-refractivity contribution is -0.160. The Morgan fingerprint density at radius 3 is 1.19 bits per heavy atom. The highest BCUT2D eigenvalue weighted by Crippen LogP contribution is 2.29. The first kappa shape index (κ1) is 35.1. The van der Waals surface area contributed by atoms with Gasteiger partial charge in [-0.05, 0) is 104 Å². The van der Waals surface area contributed by atoms with Crippen molar-refractivity contribution in [2.45, 2.75) is 107 Å². The predicted molar refractivity (Wildman–Crippen MR) is 162 cm³/mol. The van der Waals surface area contributed by atoms with Crippen LogP contribution in [0.2, 0.25) is 0 Å². The molecule has 4 unspecified atom stereocenters. The number of rotatable bonds is 17. The van der Waals surface area contributed by atoms with Crippen LogP contribution in [0.4, 0.5) is 0 Å². The quantitative estimate of drug-likeness (QED) is 0.105. The zero-order valence-corrected chi connectivity index (χ0v) is 27.0. The van der Waals surface area contributed by atoms with Gasteiger partial charge in [0.2, 0.25) is 0 Å². The summed E-state index contributed by atoms with van der Waals surface area (Å²) < 4.78 is 34.4. The number of carbonyl (C=O) groups is 2. The summed E-state index contributed by atoms with van der Waals surface area (Å²) >= 11 is 0. The van der Waals surface area contributed by atoms with Crippen LogP contribution in [0.25, 0.3) is 0 Å². The van der Waals surface area contributed by atoms with Crippen molar-refractivity contribution in [3.8, 4) is 11.5 Å². The highest BCUT2D eigenvalue weighted by atomic mass is 16.7. The minimum atomic E-state index is -0.507. The molecule has 234 valence electrons. The molecule has 0 radical (unpaired) electrons. The van der Waals surface area contributed by atoms with Gasteiger partial charge in [-0.1, -0.05) is 38.1 Å². The Morgan fingerprint density at radius 1 is 0.595 bits per heavy atom. The molecule has 0 fully saturated rings. The summed E-state index contributed by atoms with van der Waals surface area (Å²) in [7, 11) is 0.